The predicted octanol–water partition coefficient (Wildman–Crippen LogP) is 0.416. The highest BCUT2D eigenvalue weighted by Gasteiger charge is 2.10. The van der Waals surface area contributed by atoms with Gasteiger partial charge >= 0.3 is 5.69 Å². The van der Waals surface area contributed by atoms with Crippen LogP contribution in [-0.4, -0.2) is 18.9 Å². The van der Waals surface area contributed by atoms with Gasteiger partial charge in [0.2, 0.25) is 0 Å². The zero-order valence-electron chi connectivity index (χ0n) is 10.1. The number of halogens is 1. The van der Waals surface area contributed by atoms with E-state index in [9.17, 15) is 9.59 Å². The van der Waals surface area contributed by atoms with Gasteiger partial charge in [-0.25, -0.2) is 4.79 Å². The summed E-state index contributed by atoms with van der Waals surface area (Å²) in [4.78, 5) is 24.1. The van der Waals surface area contributed by atoms with Gasteiger partial charge in [0.15, 0.2) is 0 Å². The molecule has 0 amide bonds. The first-order chi connectivity index (χ1) is 8.52. The molecule has 0 aliphatic carbocycles. The Hall–Kier alpha value is -1.38. The van der Waals surface area contributed by atoms with Crippen molar-refractivity contribution in [3.63, 3.8) is 0 Å². The van der Waals surface area contributed by atoms with Gasteiger partial charge in [-0.05, 0) is 29.5 Å². The van der Waals surface area contributed by atoms with Crippen LogP contribution in [0.4, 0.5) is 0 Å². The lowest BCUT2D eigenvalue weighted by Gasteiger charge is -2.08. The van der Waals surface area contributed by atoms with Gasteiger partial charge in [0.1, 0.15) is 0 Å². The van der Waals surface area contributed by atoms with Crippen LogP contribution in [0.3, 0.4) is 0 Å². The molecular formula is C11H13IN4O2. The number of hydrogen-bond donors (Lipinski definition) is 0. The highest BCUT2D eigenvalue weighted by Crippen LogP contribution is 1.99. The van der Waals surface area contributed by atoms with Crippen molar-refractivity contribution < 1.29 is 0 Å². The van der Waals surface area contributed by atoms with Gasteiger partial charge in [0, 0.05) is 31.5 Å². The van der Waals surface area contributed by atoms with Crippen molar-refractivity contribution in [1.29, 1.82) is 0 Å². The molecule has 0 saturated carbocycles. The van der Waals surface area contributed by atoms with E-state index in [0.717, 1.165) is 5.56 Å². The summed E-state index contributed by atoms with van der Waals surface area (Å²) in [6, 6.07) is 0. The van der Waals surface area contributed by atoms with Gasteiger partial charge in [0.25, 0.3) is 5.56 Å². The molecule has 0 aromatic carbocycles. The van der Waals surface area contributed by atoms with Crippen LogP contribution in [0.15, 0.2) is 28.2 Å². The van der Waals surface area contributed by atoms with Crippen LogP contribution in [0, 0.1) is 3.57 Å². The molecule has 0 unspecified atom stereocenters. The molecule has 0 saturated heterocycles. The highest BCUT2D eigenvalue weighted by atomic mass is 127. The third-order valence-corrected chi connectivity index (χ3v) is 3.37. The maximum absolute atomic E-state index is 12.1. The molecule has 2 aromatic heterocycles. The number of rotatable bonds is 3. The van der Waals surface area contributed by atoms with E-state index in [1.54, 1.807) is 30.3 Å². The summed E-state index contributed by atoms with van der Waals surface area (Å²) in [6.45, 7) is 2.67. The third kappa shape index (κ3) is 2.40. The molecule has 0 aliphatic heterocycles. The maximum atomic E-state index is 12.1. The quantitative estimate of drug-likeness (QED) is 0.746. The minimum atomic E-state index is -0.285. The van der Waals surface area contributed by atoms with Gasteiger partial charge in [-0.15, -0.1) is 0 Å². The molecule has 2 aromatic rings. The average molecular weight is 360 g/mol. The Bertz CT molecular complexity index is 683. The standard InChI is InChI=1S/C11H13IN4O2/c1-3-15-7-9(12)10(17)16(11(15)18)6-8-4-13-14(2)5-8/h4-5,7H,3,6H2,1-2H3. The van der Waals surface area contributed by atoms with Crippen molar-refractivity contribution in [3.05, 3.63) is 48.6 Å². The molecule has 0 atom stereocenters. The van der Waals surface area contributed by atoms with Crippen LogP contribution in [-0.2, 0) is 20.1 Å². The van der Waals surface area contributed by atoms with Crippen LogP contribution >= 0.6 is 22.6 Å². The Kier molecular flexibility index (Phi) is 3.69. The summed E-state index contributed by atoms with van der Waals surface area (Å²) in [5.41, 5.74) is 0.294. The van der Waals surface area contributed by atoms with E-state index >= 15 is 0 Å². The van der Waals surface area contributed by atoms with Crippen molar-refractivity contribution in [2.45, 2.75) is 20.0 Å². The van der Waals surface area contributed by atoms with Gasteiger partial charge in [-0.3, -0.25) is 18.6 Å². The first kappa shape index (κ1) is 13.1. The van der Waals surface area contributed by atoms with Gasteiger partial charge in [-0.1, -0.05) is 0 Å². The summed E-state index contributed by atoms with van der Waals surface area (Å²) >= 11 is 1.95. The summed E-state index contributed by atoms with van der Waals surface area (Å²) < 4.78 is 4.95. The second kappa shape index (κ2) is 5.09. The largest absolute Gasteiger partial charge is 0.331 e. The van der Waals surface area contributed by atoms with E-state index in [0.29, 0.717) is 10.1 Å². The van der Waals surface area contributed by atoms with Crippen LogP contribution in [0.5, 0.6) is 0 Å². The topological polar surface area (TPSA) is 61.8 Å². The SMILES string of the molecule is CCn1cc(I)c(=O)n(Cc2cnn(C)c2)c1=O. The molecule has 2 heterocycles. The van der Waals surface area contributed by atoms with E-state index < -0.39 is 0 Å². The molecule has 0 N–H and O–H groups in total. The van der Waals surface area contributed by atoms with Crippen molar-refractivity contribution in [3.8, 4) is 0 Å². The number of nitrogens with zero attached hydrogens (tertiary/aromatic N) is 4. The average Bonchev–Trinajstić information content (AvgIpc) is 2.75. The molecule has 18 heavy (non-hydrogen) atoms. The third-order valence-electron chi connectivity index (χ3n) is 2.63. The smallest absolute Gasteiger partial charge is 0.300 e. The Morgan fingerprint density at radius 3 is 2.61 bits per heavy atom. The number of aryl methyl sites for hydroxylation is 2. The van der Waals surface area contributed by atoms with Crippen LogP contribution in [0.2, 0.25) is 0 Å². The molecule has 6 nitrogen and oxygen atoms in total. The number of aromatic nitrogens is 4. The summed E-state index contributed by atoms with van der Waals surface area (Å²) in [5, 5.41) is 4.03. The minimum Gasteiger partial charge on any atom is -0.300 e. The van der Waals surface area contributed by atoms with Crippen molar-refractivity contribution >= 4 is 22.6 Å². The summed E-state index contributed by atoms with van der Waals surface area (Å²) in [6.07, 6.45) is 5.04. The Labute approximate surface area is 117 Å². The first-order valence-electron chi connectivity index (χ1n) is 5.50. The predicted molar refractivity (Wildman–Crippen MR) is 75.7 cm³/mol. The normalized spacial score (nSPS) is 10.8. The van der Waals surface area contributed by atoms with Crippen LogP contribution < -0.4 is 11.2 Å². The van der Waals surface area contributed by atoms with Gasteiger partial charge < -0.3 is 0 Å². The lowest BCUT2D eigenvalue weighted by molar-refractivity contribution is 0.594. The first-order valence-corrected chi connectivity index (χ1v) is 6.58. The van der Waals surface area contributed by atoms with Crippen LogP contribution in [0.1, 0.15) is 12.5 Å². The second-order valence-corrected chi connectivity index (χ2v) is 5.12. The fourth-order valence-electron chi connectivity index (χ4n) is 1.72. The van der Waals surface area contributed by atoms with Crippen molar-refractivity contribution in [1.82, 2.24) is 18.9 Å². The van der Waals surface area contributed by atoms with E-state index in [1.165, 1.54) is 9.13 Å². The van der Waals surface area contributed by atoms with Crippen LogP contribution in [0.25, 0.3) is 0 Å². The fourth-order valence-corrected chi connectivity index (χ4v) is 2.35. The van der Waals surface area contributed by atoms with E-state index in [1.807, 2.05) is 29.5 Å². The maximum Gasteiger partial charge on any atom is 0.331 e. The Balaban J connectivity index is 2.53. The number of hydrogen-bond acceptors (Lipinski definition) is 3. The summed E-state index contributed by atoms with van der Waals surface area (Å²) in [7, 11) is 1.80. The summed E-state index contributed by atoms with van der Waals surface area (Å²) in [5.74, 6) is 0. The highest BCUT2D eigenvalue weighted by molar-refractivity contribution is 14.1. The van der Waals surface area contributed by atoms with Gasteiger partial charge in [-0.2, -0.15) is 5.10 Å². The van der Waals surface area contributed by atoms with Gasteiger partial charge in [0.05, 0.1) is 16.3 Å². The lowest BCUT2D eigenvalue weighted by Crippen LogP contribution is -2.40. The Morgan fingerprint density at radius 1 is 1.33 bits per heavy atom. The van der Waals surface area contributed by atoms with E-state index in [2.05, 4.69) is 5.10 Å². The van der Waals surface area contributed by atoms with Crippen molar-refractivity contribution in [2.75, 3.05) is 0 Å². The molecule has 0 radical (unpaired) electrons. The molecule has 2 rings (SSSR count). The molecule has 7 heteroatoms. The molecule has 0 bridgehead atoms. The van der Waals surface area contributed by atoms with Crippen molar-refractivity contribution in [2.24, 2.45) is 7.05 Å². The molecule has 0 aliphatic rings. The molecule has 0 fully saturated rings. The van der Waals surface area contributed by atoms with E-state index in [-0.39, 0.29) is 17.8 Å². The van der Waals surface area contributed by atoms with E-state index in [4.69, 9.17) is 0 Å². The molecule has 96 valence electrons. The zero-order valence-corrected chi connectivity index (χ0v) is 12.3. The molecular weight excluding hydrogens is 347 g/mol. The Morgan fingerprint density at radius 2 is 2.06 bits per heavy atom. The zero-order chi connectivity index (χ0) is 13.3. The molecule has 0 spiro atoms. The monoisotopic (exact) mass is 360 g/mol. The second-order valence-electron chi connectivity index (χ2n) is 3.96. The minimum absolute atomic E-state index is 0.252. The lowest BCUT2D eigenvalue weighted by atomic mass is 10.3. The fraction of sp³-hybridized carbons (Fsp3) is 0.364.